The van der Waals surface area contributed by atoms with Crippen molar-refractivity contribution in [1.82, 2.24) is 14.8 Å². The molecule has 4 rings (SSSR count). The smallest absolute Gasteiger partial charge is 0.341 e. The topological polar surface area (TPSA) is 86.1 Å². The number of carbonyl (C=O) groups is 2. The summed E-state index contributed by atoms with van der Waals surface area (Å²) in [6.45, 7) is 4.24. The van der Waals surface area contributed by atoms with Crippen LogP contribution in [0.2, 0.25) is 0 Å². The van der Waals surface area contributed by atoms with Crippen molar-refractivity contribution in [3.8, 4) is 11.4 Å². The lowest BCUT2D eigenvalue weighted by Gasteiger charge is -2.18. The third kappa shape index (κ3) is 4.59. The van der Waals surface area contributed by atoms with E-state index in [1.54, 1.807) is 0 Å². The first-order valence-corrected chi connectivity index (χ1v) is 12.3. The van der Waals surface area contributed by atoms with E-state index in [2.05, 4.69) is 28.5 Å². The molecule has 0 spiro atoms. The Morgan fingerprint density at radius 3 is 2.91 bits per heavy atom. The Balaban J connectivity index is 1.47. The number of thiophene rings is 1. The van der Waals surface area contributed by atoms with Gasteiger partial charge in [0, 0.05) is 17.5 Å². The number of rotatable bonds is 6. The van der Waals surface area contributed by atoms with E-state index in [1.165, 1.54) is 35.1 Å². The minimum Gasteiger partial charge on any atom is -0.465 e. The van der Waals surface area contributed by atoms with Crippen molar-refractivity contribution in [2.24, 2.45) is 13.0 Å². The van der Waals surface area contributed by atoms with Gasteiger partial charge in [0.15, 0.2) is 11.0 Å². The molecule has 1 aliphatic rings. The van der Waals surface area contributed by atoms with Crippen molar-refractivity contribution >= 4 is 40.0 Å². The predicted molar refractivity (Wildman–Crippen MR) is 127 cm³/mol. The van der Waals surface area contributed by atoms with Crippen LogP contribution in [0.4, 0.5) is 5.00 Å². The van der Waals surface area contributed by atoms with Gasteiger partial charge in [-0.2, -0.15) is 0 Å². The second-order valence-electron chi connectivity index (χ2n) is 8.12. The first-order valence-electron chi connectivity index (χ1n) is 10.5. The highest BCUT2D eigenvalue weighted by molar-refractivity contribution is 7.99. The van der Waals surface area contributed by atoms with E-state index in [9.17, 15) is 9.59 Å². The number of thioether (sulfide) groups is 1. The zero-order chi connectivity index (χ0) is 22.8. The molecule has 168 valence electrons. The van der Waals surface area contributed by atoms with Gasteiger partial charge >= 0.3 is 5.97 Å². The van der Waals surface area contributed by atoms with Crippen LogP contribution in [0.1, 0.15) is 39.7 Å². The second kappa shape index (κ2) is 9.46. The van der Waals surface area contributed by atoms with E-state index in [0.29, 0.717) is 21.6 Å². The van der Waals surface area contributed by atoms with Crippen molar-refractivity contribution in [1.29, 1.82) is 0 Å². The highest BCUT2D eigenvalue weighted by Gasteiger charge is 2.29. The number of methoxy groups -OCH3 is 1. The van der Waals surface area contributed by atoms with E-state index in [-0.39, 0.29) is 11.7 Å². The van der Waals surface area contributed by atoms with Gasteiger partial charge in [-0.05, 0) is 43.7 Å². The van der Waals surface area contributed by atoms with Crippen molar-refractivity contribution in [2.45, 2.75) is 38.3 Å². The molecule has 1 atom stereocenters. The Morgan fingerprint density at radius 1 is 1.34 bits per heavy atom. The van der Waals surface area contributed by atoms with Crippen LogP contribution in [0.5, 0.6) is 0 Å². The Hall–Kier alpha value is -2.65. The predicted octanol–water partition coefficient (Wildman–Crippen LogP) is 4.49. The average molecular weight is 471 g/mol. The minimum atomic E-state index is -0.392. The van der Waals surface area contributed by atoms with Crippen LogP contribution in [0, 0.1) is 12.8 Å². The number of hydrogen-bond acceptors (Lipinski definition) is 7. The maximum absolute atomic E-state index is 12.7. The van der Waals surface area contributed by atoms with Crippen LogP contribution in [0.25, 0.3) is 11.4 Å². The first-order chi connectivity index (χ1) is 15.4. The van der Waals surface area contributed by atoms with Gasteiger partial charge in [0.05, 0.1) is 18.4 Å². The highest BCUT2D eigenvalue weighted by atomic mass is 32.2. The number of amides is 1. The maximum atomic E-state index is 12.7. The third-order valence-corrected chi connectivity index (χ3v) is 7.79. The lowest BCUT2D eigenvalue weighted by molar-refractivity contribution is -0.113. The van der Waals surface area contributed by atoms with Gasteiger partial charge < -0.3 is 14.6 Å². The summed E-state index contributed by atoms with van der Waals surface area (Å²) in [5, 5.41) is 12.7. The molecule has 32 heavy (non-hydrogen) atoms. The quantitative estimate of drug-likeness (QED) is 0.422. The fraction of sp³-hybridized carbons (Fsp3) is 0.391. The Labute approximate surface area is 195 Å². The molecule has 1 aliphatic carbocycles. The van der Waals surface area contributed by atoms with Crippen molar-refractivity contribution in [3.63, 3.8) is 0 Å². The largest absolute Gasteiger partial charge is 0.465 e. The van der Waals surface area contributed by atoms with Gasteiger partial charge in [-0.1, -0.05) is 42.4 Å². The second-order valence-corrected chi connectivity index (χ2v) is 10.2. The van der Waals surface area contributed by atoms with Crippen LogP contribution in [-0.4, -0.2) is 39.5 Å². The third-order valence-electron chi connectivity index (χ3n) is 5.60. The van der Waals surface area contributed by atoms with Gasteiger partial charge in [-0.25, -0.2) is 4.79 Å². The normalized spacial score (nSPS) is 15.3. The SMILES string of the molecule is COC(=O)c1c(NC(=O)CSc2nnc(-c3cccc(C)c3)n2C)sc2c1CCC(C)C2. The molecular formula is C23H26N4O3S2. The number of carbonyl (C=O) groups excluding carboxylic acids is 2. The zero-order valence-electron chi connectivity index (χ0n) is 18.6. The summed E-state index contributed by atoms with van der Waals surface area (Å²) in [6, 6.07) is 8.07. The molecule has 9 heteroatoms. The summed E-state index contributed by atoms with van der Waals surface area (Å²) >= 11 is 2.81. The van der Waals surface area contributed by atoms with E-state index in [0.717, 1.165) is 41.8 Å². The molecule has 0 bridgehead atoms. The van der Waals surface area contributed by atoms with Crippen LogP contribution in [0.15, 0.2) is 29.4 Å². The van der Waals surface area contributed by atoms with Gasteiger partial charge in [0.2, 0.25) is 5.91 Å². The molecule has 0 saturated carbocycles. The molecule has 1 unspecified atom stereocenters. The zero-order valence-corrected chi connectivity index (χ0v) is 20.2. The minimum absolute atomic E-state index is 0.166. The molecule has 1 amide bonds. The van der Waals surface area contributed by atoms with Crippen LogP contribution in [0.3, 0.4) is 0 Å². The molecule has 1 aromatic carbocycles. The number of anilines is 1. The van der Waals surface area contributed by atoms with E-state index in [4.69, 9.17) is 4.74 Å². The number of nitrogens with one attached hydrogen (secondary N) is 1. The van der Waals surface area contributed by atoms with Crippen LogP contribution < -0.4 is 5.32 Å². The molecule has 3 aromatic rings. The number of aromatic nitrogens is 3. The highest BCUT2D eigenvalue weighted by Crippen LogP contribution is 2.40. The number of aryl methyl sites for hydroxylation is 1. The molecule has 0 aliphatic heterocycles. The molecule has 7 nitrogen and oxygen atoms in total. The van der Waals surface area contributed by atoms with Gasteiger partial charge in [-0.15, -0.1) is 21.5 Å². The maximum Gasteiger partial charge on any atom is 0.341 e. The monoisotopic (exact) mass is 470 g/mol. The average Bonchev–Trinajstić information content (AvgIpc) is 3.31. The Bertz CT molecular complexity index is 1170. The van der Waals surface area contributed by atoms with E-state index >= 15 is 0 Å². The summed E-state index contributed by atoms with van der Waals surface area (Å²) in [4.78, 5) is 26.3. The fourth-order valence-corrected chi connectivity index (χ4v) is 6.05. The summed E-state index contributed by atoms with van der Waals surface area (Å²) in [6.07, 6.45) is 2.80. The number of fused-ring (bicyclic) bond motifs is 1. The van der Waals surface area contributed by atoms with Crippen molar-refractivity contribution in [3.05, 3.63) is 45.8 Å². The molecule has 2 aromatic heterocycles. The van der Waals surface area contributed by atoms with Gasteiger partial charge in [-0.3, -0.25) is 4.79 Å². The van der Waals surface area contributed by atoms with E-state index in [1.807, 2.05) is 36.7 Å². The summed E-state index contributed by atoms with van der Waals surface area (Å²) in [5.41, 5.74) is 3.67. The number of hydrogen-bond donors (Lipinski definition) is 1. The number of nitrogens with zero attached hydrogens (tertiary/aromatic N) is 3. The van der Waals surface area contributed by atoms with Crippen LogP contribution >= 0.6 is 23.1 Å². The van der Waals surface area contributed by atoms with E-state index < -0.39 is 5.97 Å². The van der Waals surface area contributed by atoms with Gasteiger partial charge in [0.1, 0.15) is 5.00 Å². The lowest BCUT2D eigenvalue weighted by Crippen LogP contribution is -2.17. The summed E-state index contributed by atoms with van der Waals surface area (Å²) in [5.74, 6) is 0.913. The van der Waals surface area contributed by atoms with Crippen molar-refractivity contribution < 1.29 is 14.3 Å². The first kappa shape index (κ1) is 22.5. The summed E-state index contributed by atoms with van der Waals surface area (Å²) in [7, 11) is 3.26. The number of ether oxygens (including phenoxy) is 1. The van der Waals surface area contributed by atoms with Crippen LogP contribution in [-0.2, 0) is 29.4 Å². The van der Waals surface area contributed by atoms with Crippen molar-refractivity contribution in [2.75, 3.05) is 18.2 Å². The fourth-order valence-electron chi connectivity index (χ4n) is 3.93. The van der Waals surface area contributed by atoms with Gasteiger partial charge in [0.25, 0.3) is 0 Å². The molecule has 2 heterocycles. The Kier molecular flexibility index (Phi) is 6.66. The molecule has 1 N–H and O–H groups in total. The number of esters is 1. The Morgan fingerprint density at radius 2 is 2.16 bits per heavy atom. The molecule has 0 saturated heterocycles. The lowest BCUT2D eigenvalue weighted by atomic mass is 9.88. The summed E-state index contributed by atoms with van der Waals surface area (Å²) < 4.78 is 6.88. The molecule has 0 fully saturated rings. The molecule has 0 radical (unpaired) electrons. The standard InChI is InChI=1S/C23H26N4O3S2/c1-13-6-5-7-15(10-13)20-25-26-23(27(20)3)31-12-18(28)24-21-19(22(29)30-4)16-9-8-14(2)11-17(16)32-21/h5-7,10,14H,8-9,11-12H2,1-4H3,(H,24,28). The molecular weight excluding hydrogens is 444 g/mol. The number of benzene rings is 1.